The number of esters is 2. The van der Waals surface area contributed by atoms with Crippen molar-refractivity contribution in [2.75, 3.05) is 26.9 Å². The number of allylic oxidation sites excluding steroid dienone is 1. The Morgan fingerprint density at radius 3 is 2.15 bits per heavy atom. The molecule has 2 N–H and O–H groups in total. The molecule has 10 nitrogen and oxygen atoms in total. The van der Waals surface area contributed by atoms with Gasteiger partial charge >= 0.3 is 11.9 Å². The van der Waals surface area contributed by atoms with E-state index >= 15 is 0 Å². The molecule has 1 aliphatic heterocycles. The molecule has 0 unspecified atom stereocenters. The Hall–Kier alpha value is -3.53. The third kappa shape index (κ3) is 16.9. The van der Waals surface area contributed by atoms with E-state index in [9.17, 15) is 28.3 Å². The summed E-state index contributed by atoms with van der Waals surface area (Å²) in [4.78, 5) is 40.1. The first-order chi connectivity index (χ1) is 25.7. The molecule has 1 aromatic carbocycles. The molecule has 0 bridgehead atoms. The Bertz CT molecular complexity index is 1360. The van der Waals surface area contributed by atoms with Crippen LogP contribution in [0.15, 0.2) is 36.4 Å². The van der Waals surface area contributed by atoms with Crippen molar-refractivity contribution in [3.8, 4) is 17.6 Å². The number of methoxy groups -OCH3 is 1. The zero-order valence-electron chi connectivity index (χ0n) is 33.2. The maximum atomic E-state index is 14.0. The molecular formula is C42H63F2NO9. The maximum absolute atomic E-state index is 14.0. The van der Waals surface area contributed by atoms with Crippen LogP contribution in [-0.4, -0.2) is 79.3 Å². The van der Waals surface area contributed by atoms with E-state index < -0.39 is 59.6 Å². The number of carbonyl (C=O) groups is 3. The number of unbranched alkanes of at least 4 members (excludes halogenated alkanes) is 8. The highest BCUT2D eigenvalue weighted by Gasteiger charge is 2.51. The molecule has 0 spiro atoms. The Labute approximate surface area is 321 Å². The van der Waals surface area contributed by atoms with Gasteiger partial charge in [-0.25, -0.2) is 18.4 Å². The second kappa shape index (κ2) is 24.1. The van der Waals surface area contributed by atoms with E-state index in [0.717, 1.165) is 52.1 Å². The topological polar surface area (TPSA) is 130 Å². The second-order valence-corrected chi connectivity index (χ2v) is 14.8. The number of halogens is 2. The zero-order chi connectivity index (χ0) is 40.0. The number of benzene rings is 1. The predicted octanol–water partition coefficient (Wildman–Crippen LogP) is 7.63. The first-order valence-electron chi connectivity index (χ1n) is 19.4. The summed E-state index contributed by atoms with van der Waals surface area (Å²) in [6.07, 6.45) is 9.73. The van der Waals surface area contributed by atoms with E-state index in [1.807, 2.05) is 0 Å². The normalized spacial score (nSPS) is 16.3. The molecule has 1 aromatic rings. The van der Waals surface area contributed by atoms with Gasteiger partial charge in [-0.1, -0.05) is 75.7 Å². The van der Waals surface area contributed by atoms with Crippen LogP contribution in [0.3, 0.4) is 0 Å². The summed E-state index contributed by atoms with van der Waals surface area (Å²) in [5.41, 5.74) is -3.45. The number of hydrogen-bond donors (Lipinski definition) is 2. The van der Waals surface area contributed by atoms with Gasteiger partial charge < -0.3 is 34.1 Å². The van der Waals surface area contributed by atoms with E-state index in [1.165, 1.54) is 46.1 Å². The van der Waals surface area contributed by atoms with Crippen LogP contribution in [0.2, 0.25) is 0 Å². The quantitative estimate of drug-likeness (QED) is 0.0447. The van der Waals surface area contributed by atoms with Gasteiger partial charge in [0, 0.05) is 25.7 Å². The van der Waals surface area contributed by atoms with E-state index in [-0.39, 0.29) is 13.0 Å². The van der Waals surface area contributed by atoms with Crippen LogP contribution in [0.25, 0.3) is 0 Å². The molecule has 2 rings (SSSR count). The average Bonchev–Trinajstić information content (AvgIpc) is 3.58. The standard InChI is InChI=1S/C42H63F2NO9/c1-7-9-11-15-18-25-41(52-28-29-53-41)26-19-16-13-12-14-17-20-34(42(49,31-36(43)44)39(48)54-40(3,4)5)37(46)45-35(38(47)50-6)30-32-21-23-33(24-22-32)51-27-10-8-2/h17,20-24,34-36,49H,7,9,11-16,18-19,25-31H2,1-6H3,(H,45,46)/b20-17+/t34-,35+,42+/m1/s1. The minimum absolute atomic E-state index is 0.0279. The molecule has 0 saturated carbocycles. The van der Waals surface area contributed by atoms with Gasteiger partial charge in [-0.15, -0.1) is 5.92 Å². The number of alkyl halides is 2. The molecule has 3 atom stereocenters. The van der Waals surface area contributed by atoms with E-state index in [1.54, 1.807) is 37.3 Å². The molecule has 0 aromatic heterocycles. The van der Waals surface area contributed by atoms with E-state index in [4.69, 9.17) is 23.7 Å². The third-order valence-electron chi connectivity index (χ3n) is 9.15. The number of amides is 1. The van der Waals surface area contributed by atoms with Gasteiger partial charge in [0.25, 0.3) is 0 Å². The molecule has 1 heterocycles. The van der Waals surface area contributed by atoms with Crippen LogP contribution in [0.4, 0.5) is 8.78 Å². The largest absolute Gasteiger partial charge is 0.481 e. The van der Waals surface area contributed by atoms with Gasteiger partial charge in [0.2, 0.25) is 12.3 Å². The van der Waals surface area contributed by atoms with Crippen molar-refractivity contribution in [3.05, 3.63) is 42.0 Å². The first-order valence-corrected chi connectivity index (χ1v) is 19.4. The Balaban J connectivity index is 2.17. The summed E-state index contributed by atoms with van der Waals surface area (Å²) in [7, 11) is 1.15. The van der Waals surface area contributed by atoms with Gasteiger partial charge in [-0.2, -0.15) is 0 Å². The predicted molar refractivity (Wildman–Crippen MR) is 203 cm³/mol. The fourth-order valence-electron chi connectivity index (χ4n) is 6.30. The van der Waals surface area contributed by atoms with E-state index in [0.29, 0.717) is 37.4 Å². The van der Waals surface area contributed by atoms with Gasteiger partial charge in [0.1, 0.15) is 24.0 Å². The van der Waals surface area contributed by atoms with Crippen molar-refractivity contribution in [2.24, 2.45) is 5.92 Å². The summed E-state index contributed by atoms with van der Waals surface area (Å²) in [6, 6.07) is 5.50. The number of carbonyl (C=O) groups excluding carboxylic acids is 3. The van der Waals surface area contributed by atoms with Crippen LogP contribution >= 0.6 is 0 Å². The lowest BCUT2D eigenvalue weighted by Crippen LogP contribution is -2.56. The lowest BCUT2D eigenvalue weighted by Gasteiger charge is -2.34. The smallest absolute Gasteiger partial charge is 0.340 e. The molecule has 1 saturated heterocycles. The Kier molecular flexibility index (Phi) is 20.8. The molecular weight excluding hydrogens is 700 g/mol. The molecule has 0 radical (unpaired) electrons. The van der Waals surface area contributed by atoms with Gasteiger partial charge in [-0.05, 0) is 71.1 Å². The zero-order valence-corrected chi connectivity index (χ0v) is 33.2. The van der Waals surface area contributed by atoms with Crippen LogP contribution < -0.4 is 10.1 Å². The number of rotatable bonds is 25. The van der Waals surface area contributed by atoms with Gasteiger partial charge in [0.05, 0.1) is 26.2 Å². The summed E-state index contributed by atoms with van der Waals surface area (Å²) >= 11 is 0. The molecule has 12 heteroatoms. The lowest BCUT2D eigenvalue weighted by atomic mass is 9.82. The van der Waals surface area contributed by atoms with Crippen LogP contribution in [0.5, 0.6) is 5.75 Å². The maximum Gasteiger partial charge on any atom is 0.340 e. The molecule has 1 fully saturated rings. The van der Waals surface area contributed by atoms with Crippen LogP contribution in [0, 0.1) is 17.8 Å². The number of hydrogen-bond acceptors (Lipinski definition) is 9. The highest BCUT2D eigenvalue weighted by atomic mass is 19.3. The molecule has 304 valence electrons. The minimum atomic E-state index is -3.15. The van der Waals surface area contributed by atoms with Crippen LogP contribution in [0.1, 0.15) is 124 Å². The molecule has 1 aliphatic rings. The highest BCUT2D eigenvalue weighted by Crippen LogP contribution is 2.33. The van der Waals surface area contributed by atoms with Crippen molar-refractivity contribution in [1.29, 1.82) is 0 Å². The van der Waals surface area contributed by atoms with Gasteiger partial charge in [-0.3, -0.25) is 4.79 Å². The summed E-state index contributed by atoms with van der Waals surface area (Å²) in [5, 5.41) is 14.2. The molecule has 1 amide bonds. The van der Waals surface area contributed by atoms with Gasteiger partial charge in [0.15, 0.2) is 11.4 Å². The monoisotopic (exact) mass is 763 g/mol. The first kappa shape index (κ1) is 46.6. The van der Waals surface area contributed by atoms with Crippen molar-refractivity contribution in [1.82, 2.24) is 5.32 Å². The van der Waals surface area contributed by atoms with Crippen molar-refractivity contribution in [3.63, 3.8) is 0 Å². The number of ether oxygens (including phenoxy) is 5. The van der Waals surface area contributed by atoms with Crippen molar-refractivity contribution >= 4 is 17.8 Å². The van der Waals surface area contributed by atoms with Crippen molar-refractivity contribution in [2.45, 2.75) is 154 Å². The summed E-state index contributed by atoms with van der Waals surface area (Å²) in [6.45, 7) is 9.89. The highest BCUT2D eigenvalue weighted by molar-refractivity contribution is 5.93. The average molecular weight is 764 g/mol. The molecule has 0 aliphatic carbocycles. The second-order valence-electron chi connectivity index (χ2n) is 14.8. The Morgan fingerprint density at radius 1 is 0.981 bits per heavy atom. The fourth-order valence-corrected chi connectivity index (χ4v) is 6.30. The number of aliphatic hydroxyl groups is 1. The van der Waals surface area contributed by atoms with E-state index in [2.05, 4.69) is 24.1 Å². The SMILES string of the molecule is CC#CCOc1ccc(C[C@H](NC(=O)[C@@H](/C=C/CCCCCCC2(CCCCCCC)OCCO2)[C@@](O)(CC(F)F)C(=O)OC(C)(C)C)C(=O)OC)cc1. The summed E-state index contributed by atoms with van der Waals surface area (Å²) < 4.78 is 55.9. The molecule has 54 heavy (non-hydrogen) atoms. The Morgan fingerprint density at radius 2 is 1.59 bits per heavy atom. The van der Waals surface area contributed by atoms with Crippen LogP contribution in [-0.2, 0) is 39.8 Å². The fraction of sp³-hybridized carbons (Fsp3) is 0.690. The lowest BCUT2D eigenvalue weighted by molar-refractivity contribution is -0.188. The number of nitrogens with one attached hydrogen (secondary N) is 1. The summed E-state index contributed by atoms with van der Waals surface area (Å²) in [5.74, 6) is 0.594. The third-order valence-corrected chi connectivity index (χ3v) is 9.15. The minimum Gasteiger partial charge on any atom is -0.481 e. The van der Waals surface area contributed by atoms with Crippen molar-refractivity contribution < 1.29 is 52.0 Å².